The molecule has 0 spiro atoms. The van der Waals surface area contributed by atoms with Gasteiger partial charge < -0.3 is 19.5 Å². The van der Waals surface area contributed by atoms with Gasteiger partial charge in [-0.05, 0) is 30.7 Å². The van der Waals surface area contributed by atoms with Crippen LogP contribution in [0.1, 0.15) is 21.8 Å². The second-order valence-electron chi connectivity index (χ2n) is 6.67. The molecule has 0 saturated carbocycles. The van der Waals surface area contributed by atoms with E-state index in [1.807, 2.05) is 60.4 Å². The third-order valence-corrected chi connectivity index (χ3v) is 4.71. The molecule has 2 aromatic carbocycles. The number of rotatable bonds is 5. The molecule has 1 N–H and O–H groups in total. The normalized spacial score (nSPS) is 14.1. The topological polar surface area (TPSA) is 80.5 Å². The summed E-state index contributed by atoms with van der Waals surface area (Å²) in [5.74, 6) is 1.08. The molecule has 0 bridgehead atoms. The van der Waals surface area contributed by atoms with Crippen LogP contribution in [0.3, 0.4) is 0 Å². The van der Waals surface area contributed by atoms with Crippen LogP contribution in [0.4, 0.5) is 5.69 Å². The number of morpholine rings is 1. The standard InChI is InChI=1S/C21H22N4O3/c1-15-5-2-3-8-18(15)20-23-19(28-24-20)14-22-17-7-4-6-16(13-17)21(26)25-9-11-27-12-10-25/h2-8,13,22H,9-12,14H2,1H3. The highest BCUT2D eigenvalue weighted by Gasteiger charge is 2.18. The van der Waals surface area contributed by atoms with Gasteiger partial charge in [-0.2, -0.15) is 4.98 Å². The fraction of sp³-hybridized carbons (Fsp3) is 0.286. The van der Waals surface area contributed by atoms with Gasteiger partial charge in [-0.15, -0.1) is 0 Å². The van der Waals surface area contributed by atoms with E-state index < -0.39 is 0 Å². The first-order valence-corrected chi connectivity index (χ1v) is 9.30. The van der Waals surface area contributed by atoms with Crippen molar-refractivity contribution in [3.05, 3.63) is 65.5 Å². The number of aryl methyl sites for hydroxylation is 1. The largest absolute Gasteiger partial charge is 0.378 e. The fourth-order valence-electron chi connectivity index (χ4n) is 3.15. The minimum Gasteiger partial charge on any atom is -0.378 e. The molecule has 1 aromatic heterocycles. The van der Waals surface area contributed by atoms with Crippen LogP contribution in [-0.4, -0.2) is 47.3 Å². The van der Waals surface area contributed by atoms with Crippen LogP contribution >= 0.6 is 0 Å². The van der Waals surface area contributed by atoms with Crippen molar-refractivity contribution in [2.75, 3.05) is 31.6 Å². The number of amides is 1. The van der Waals surface area contributed by atoms with Crippen molar-refractivity contribution in [3.63, 3.8) is 0 Å². The van der Waals surface area contributed by atoms with Crippen molar-refractivity contribution < 1.29 is 14.1 Å². The molecule has 1 aliphatic rings. The predicted octanol–water partition coefficient (Wildman–Crippen LogP) is 3.13. The van der Waals surface area contributed by atoms with Gasteiger partial charge in [0.05, 0.1) is 19.8 Å². The van der Waals surface area contributed by atoms with Crippen LogP contribution in [0.25, 0.3) is 11.4 Å². The first kappa shape index (κ1) is 18.2. The average molecular weight is 378 g/mol. The van der Waals surface area contributed by atoms with E-state index in [9.17, 15) is 4.79 Å². The quantitative estimate of drug-likeness (QED) is 0.735. The Balaban J connectivity index is 1.42. The van der Waals surface area contributed by atoms with Crippen molar-refractivity contribution in [1.82, 2.24) is 15.0 Å². The lowest BCUT2D eigenvalue weighted by atomic mass is 10.1. The van der Waals surface area contributed by atoms with E-state index in [1.165, 1.54) is 0 Å². The summed E-state index contributed by atoms with van der Waals surface area (Å²) in [7, 11) is 0. The number of nitrogens with zero attached hydrogens (tertiary/aromatic N) is 3. The Kier molecular flexibility index (Phi) is 5.34. The Morgan fingerprint density at radius 3 is 2.79 bits per heavy atom. The highest BCUT2D eigenvalue weighted by molar-refractivity contribution is 5.95. The molecule has 1 fully saturated rings. The lowest BCUT2D eigenvalue weighted by Gasteiger charge is -2.27. The third kappa shape index (κ3) is 4.04. The summed E-state index contributed by atoms with van der Waals surface area (Å²) in [6.45, 7) is 4.82. The molecule has 0 aliphatic carbocycles. The summed E-state index contributed by atoms with van der Waals surface area (Å²) in [5.41, 5.74) is 3.53. The molecule has 144 valence electrons. The second-order valence-corrected chi connectivity index (χ2v) is 6.67. The molecule has 7 heteroatoms. The van der Waals surface area contributed by atoms with Gasteiger partial charge in [-0.25, -0.2) is 0 Å². The maximum Gasteiger partial charge on any atom is 0.254 e. The number of hydrogen-bond acceptors (Lipinski definition) is 6. The highest BCUT2D eigenvalue weighted by Crippen LogP contribution is 2.20. The molecule has 4 rings (SSSR count). The van der Waals surface area contributed by atoms with E-state index in [-0.39, 0.29) is 5.91 Å². The number of carbonyl (C=O) groups excluding carboxylic acids is 1. The van der Waals surface area contributed by atoms with E-state index >= 15 is 0 Å². The Hall–Kier alpha value is -3.19. The third-order valence-electron chi connectivity index (χ3n) is 4.71. The molecule has 28 heavy (non-hydrogen) atoms. The number of nitrogens with one attached hydrogen (secondary N) is 1. The lowest BCUT2D eigenvalue weighted by molar-refractivity contribution is 0.0303. The molecule has 0 radical (unpaired) electrons. The van der Waals surface area contributed by atoms with Gasteiger partial charge in [0.2, 0.25) is 11.7 Å². The van der Waals surface area contributed by atoms with Crippen LogP contribution in [0.2, 0.25) is 0 Å². The molecular formula is C21H22N4O3. The van der Waals surface area contributed by atoms with Crippen LogP contribution in [-0.2, 0) is 11.3 Å². The van der Waals surface area contributed by atoms with Crippen molar-refractivity contribution in [3.8, 4) is 11.4 Å². The summed E-state index contributed by atoms with van der Waals surface area (Å²) in [5, 5.41) is 7.31. The van der Waals surface area contributed by atoms with Gasteiger partial charge in [0, 0.05) is 29.9 Å². The summed E-state index contributed by atoms with van der Waals surface area (Å²) >= 11 is 0. The smallest absolute Gasteiger partial charge is 0.254 e. The zero-order valence-corrected chi connectivity index (χ0v) is 15.7. The van der Waals surface area contributed by atoms with E-state index in [1.54, 1.807) is 0 Å². The van der Waals surface area contributed by atoms with Crippen molar-refractivity contribution >= 4 is 11.6 Å². The second kappa shape index (κ2) is 8.22. The Morgan fingerprint density at radius 2 is 1.96 bits per heavy atom. The first-order chi connectivity index (χ1) is 13.7. The Labute approximate surface area is 163 Å². The Bertz CT molecular complexity index is 964. The van der Waals surface area contributed by atoms with Gasteiger partial charge in [0.25, 0.3) is 5.91 Å². The van der Waals surface area contributed by atoms with Gasteiger partial charge >= 0.3 is 0 Å². The molecule has 2 heterocycles. The number of aromatic nitrogens is 2. The molecule has 3 aromatic rings. The van der Waals surface area contributed by atoms with Gasteiger partial charge in [0.1, 0.15) is 0 Å². The minimum atomic E-state index is 0.0200. The Morgan fingerprint density at radius 1 is 1.14 bits per heavy atom. The summed E-state index contributed by atoms with van der Waals surface area (Å²) in [6.07, 6.45) is 0. The predicted molar refractivity (Wildman–Crippen MR) is 105 cm³/mol. The average Bonchev–Trinajstić information content (AvgIpc) is 3.22. The zero-order valence-electron chi connectivity index (χ0n) is 15.7. The van der Waals surface area contributed by atoms with Crippen molar-refractivity contribution in [1.29, 1.82) is 0 Å². The van der Waals surface area contributed by atoms with Crippen LogP contribution < -0.4 is 5.32 Å². The first-order valence-electron chi connectivity index (χ1n) is 9.30. The zero-order chi connectivity index (χ0) is 19.3. The van der Waals surface area contributed by atoms with Crippen LogP contribution in [0.5, 0.6) is 0 Å². The summed E-state index contributed by atoms with van der Waals surface area (Å²) in [4.78, 5) is 18.9. The number of anilines is 1. The molecule has 1 amide bonds. The maximum atomic E-state index is 12.6. The van der Waals surface area contributed by atoms with E-state index in [0.717, 1.165) is 16.8 Å². The van der Waals surface area contributed by atoms with E-state index in [0.29, 0.717) is 50.1 Å². The van der Waals surface area contributed by atoms with Crippen molar-refractivity contribution in [2.24, 2.45) is 0 Å². The molecule has 1 saturated heterocycles. The molecule has 0 atom stereocenters. The minimum absolute atomic E-state index is 0.0200. The van der Waals surface area contributed by atoms with E-state index in [4.69, 9.17) is 9.26 Å². The number of carbonyl (C=O) groups is 1. The maximum absolute atomic E-state index is 12.6. The highest BCUT2D eigenvalue weighted by atomic mass is 16.5. The lowest BCUT2D eigenvalue weighted by Crippen LogP contribution is -2.40. The summed E-state index contributed by atoms with van der Waals surface area (Å²) < 4.78 is 10.7. The number of hydrogen-bond donors (Lipinski definition) is 1. The van der Waals surface area contributed by atoms with Crippen LogP contribution in [0, 0.1) is 6.92 Å². The number of ether oxygens (including phenoxy) is 1. The SMILES string of the molecule is Cc1ccccc1-c1noc(CNc2cccc(C(=O)N3CCOCC3)c2)n1. The molecule has 7 nitrogen and oxygen atoms in total. The van der Waals surface area contributed by atoms with E-state index in [2.05, 4.69) is 15.5 Å². The molecule has 1 aliphatic heterocycles. The van der Waals surface area contributed by atoms with Crippen LogP contribution in [0.15, 0.2) is 53.1 Å². The van der Waals surface area contributed by atoms with Crippen molar-refractivity contribution in [2.45, 2.75) is 13.5 Å². The monoisotopic (exact) mass is 378 g/mol. The van der Waals surface area contributed by atoms with Gasteiger partial charge in [0.15, 0.2) is 0 Å². The molecular weight excluding hydrogens is 356 g/mol. The molecule has 0 unspecified atom stereocenters. The van der Waals surface area contributed by atoms with Gasteiger partial charge in [-0.1, -0.05) is 35.5 Å². The van der Waals surface area contributed by atoms with Gasteiger partial charge in [-0.3, -0.25) is 4.79 Å². The fourth-order valence-corrected chi connectivity index (χ4v) is 3.15. The summed E-state index contributed by atoms with van der Waals surface area (Å²) in [6, 6.07) is 15.4. The number of benzene rings is 2.